The van der Waals surface area contributed by atoms with Gasteiger partial charge in [0.05, 0.1) is 11.9 Å². The molecular formula is C15H17ClN2O2. The van der Waals surface area contributed by atoms with Gasteiger partial charge in [-0.15, -0.1) is 0 Å². The van der Waals surface area contributed by atoms with Gasteiger partial charge in [0.2, 0.25) is 0 Å². The number of anilines is 1. The van der Waals surface area contributed by atoms with E-state index in [4.69, 9.17) is 16.7 Å². The van der Waals surface area contributed by atoms with E-state index < -0.39 is 5.97 Å². The van der Waals surface area contributed by atoms with Crippen molar-refractivity contribution >= 4 is 34.2 Å². The number of aliphatic carboxylic acids is 1. The van der Waals surface area contributed by atoms with E-state index in [-0.39, 0.29) is 12.5 Å². The molecule has 1 aromatic carbocycles. The molecule has 2 aromatic rings. The first-order valence-corrected chi connectivity index (χ1v) is 7.00. The van der Waals surface area contributed by atoms with Crippen LogP contribution >= 0.6 is 11.6 Å². The summed E-state index contributed by atoms with van der Waals surface area (Å²) in [5.74, 6) is -0.794. The van der Waals surface area contributed by atoms with Gasteiger partial charge in [-0.25, -0.2) is 0 Å². The van der Waals surface area contributed by atoms with E-state index in [1.54, 1.807) is 12.3 Å². The molecule has 0 amide bonds. The first kappa shape index (κ1) is 14.6. The van der Waals surface area contributed by atoms with Crippen LogP contribution < -0.4 is 5.32 Å². The van der Waals surface area contributed by atoms with Crippen LogP contribution in [-0.2, 0) is 4.79 Å². The first-order valence-electron chi connectivity index (χ1n) is 6.62. The van der Waals surface area contributed by atoms with Gasteiger partial charge in [0.15, 0.2) is 0 Å². The average Bonchev–Trinajstić information content (AvgIpc) is 2.38. The van der Waals surface area contributed by atoms with Gasteiger partial charge in [-0.3, -0.25) is 9.78 Å². The normalized spacial score (nSPS) is 12.3. The highest BCUT2D eigenvalue weighted by Gasteiger charge is 2.13. The summed E-state index contributed by atoms with van der Waals surface area (Å²) in [5.41, 5.74) is 1.69. The first-order chi connectivity index (χ1) is 9.60. The molecule has 0 saturated carbocycles. The van der Waals surface area contributed by atoms with Crippen LogP contribution in [0.1, 0.15) is 26.2 Å². The third-order valence-electron chi connectivity index (χ3n) is 3.12. The number of carboxylic acids is 1. The van der Waals surface area contributed by atoms with Crippen LogP contribution in [0.5, 0.6) is 0 Å². The van der Waals surface area contributed by atoms with Crippen molar-refractivity contribution in [2.24, 2.45) is 0 Å². The number of carbonyl (C=O) groups is 1. The lowest BCUT2D eigenvalue weighted by atomic mass is 10.1. The van der Waals surface area contributed by atoms with E-state index in [0.717, 1.165) is 29.4 Å². The highest BCUT2D eigenvalue weighted by atomic mass is 35.5. The van der Waals surface area contributed by atoms with Gasteiger partial charge in [0.25, 0.3) is 0 Å². The summed E-state index contributed by atoms with van der Waals surface area (Å²) < 4.78 is 0. The maximum absolute atomic E-state index is 10.9. The van der Waals surface area contributed by atoms with Crippen molar-refractivity contribution in [3.8, 4) is 0 Å². The minimum atomic E-state index is -0.794. The van der Waals surface area contributed by atoms with Crippen molar-refractivity contribution in [1.29, 1.82) is 0 Å². The SMILES string of the molecule is CCCC(CC(=O)O)Nc1ccnc2cc(Cl)ccc12. The summed E-state index contributed by atoms with van der Waals surface area (Å²) in [6.07, 6.45) is 3.54. The van der Waals surface area contributed by atoms with Gasteiger partial charge in [-0.2, -0.15) is 0 Å². The van der Waals surface area contributed by atoms with E-state index in [9.17, 15) is 4.79 Å². The lowest BCUT2D eigenvalue weighted by Crippen LogP contribution is -2.23. The topological polar surface area (TPSA) is 62.2 Å². The Morgan fingerprint density at radius 2 is 2.25 bits per heavy atom. The van der Waals surface area contributed by atoms with Crippen molar-refractivity contribution in [1.82, 2.24) is 4.98 Å². The molecule has 0 radical (unpaired) electrons. The molecule has 1 heterocycles. The molecule has 1 atom stereocenters. The van der Waals surface area contributed by atoms with Crippen LogP contribution in [0.2, 0.25) is 5.02 Å². The summed E-state index contributed by atoms with van der Waals surface area (Å²) in [4.78, 5) is 15.2. The number of halogens is 1. The highest BCUT2D eigenvalue weighted by molar-refractivity contribution is 6.31. The second kappa shape index (κ2) is 6.57. The minimum Gasteiger partial charge on any atom is -0.481 e. The van der Waals surface area contributed by atoms with E-state index in [2.05, 4.69) is 10.3 Å². The monoisotopic (exact) mass is 292 g/mol. The van der Waals surface area contributed by atoms with Gasteiger partial charge in [0, 0.05) is 28.3 Å². The molecule has 1 aromatic heterocycles. The number of hydrogen-bond donors (Lipinski definition) is 2. The maximum Gasteiger partial charge on any atom is 0.305 e. The number of carboxylic acid groups (broad SMARTS) is 1. The van der Waals surface area contributed by atoms with Crippen molar-refractivity contribution in [2.75, 3.05) is 5.32 Å². The van der Waals surface area contributed by atoms with Gasteiger partial charge in [-0.05, 0) is 30.7 Å². The Labute approximate surface area is 122 Å². The third kappa shape index (κ3) is 3.61. The van der Waals surface area contributed by atoms with E-state index in [1.165, 1.54) is 0 Å². The molecule has 106 valence electrons. The van der Waals surface area contributed by atoms with Gasteiger partial charge in [0.1, 0.15) is 0 Å². The molecule has 0 saturated heterocycles. The molecule has 1 unspecified atom stereocenters. The lowest BCUT2D eigenvalue weighted by Gasteiger charge is -2.18. The van der Waals surface area contributed by atoms with E-state index >= 15 is 0 Å². The Balaban J connectivity index is 2.29. The predicted octanol–water partition coefficient (Wildman–Crippen LogP) is 3.94. The molecule has 0 aliphatic heterocycles. The van der Waals surface area contributed by atoms with Crippen molar-refractivity contribution in [2.45, 2.75) is 32.2 Å². The Morgan fingerprint density at radius 3 is 2.95 bits per heavy atom. The summed E-state index contributed by atoms with van der Waals surface area (Å²) in [6, 6.07) is 7.28. The number of nitrogens with zero attached hydrogens (tertiary/aromatic N) is 1. The van der Waals surface area contributed by atoms with Crippen molar-refractivity contribution < 1.29 is 9.90 Å². The van der Waals surface area contributed by atoms with Crippen LogP contribution in [0.15, 0.2) is 30.5 Å². The number of fused-ring (bicyclic) bond motifs is 1. The predicted molar refractivity (Wildman–Crippen MR) is 81.3 cm³/mol. The Morgan fingerprint density at radius 1 is 1.45 bits per heavy atom. The molecule has 4 nitrogen and oxygen atoms in total. The number of hydrogen-bond acceptors (Lipinski definition) is 3. The second-order valence-electron chi connectivity index (χ2n) is 4.75. The molecule has 2 rings (SSSR count). The number of aromatic nitrogens is 1. The molecule has 0 bridgehead atoms. The average molecular weight is 293 g/mol. The summed E-state index contributed by atoms with van der Waals surface area (Å²) in [6.45, 7) is 2.04. The van der Waals surface area contributed by atoms with Crippen LogP contribution in [0, 0.1) is 0 Å². The largest absolute Gasteiger partial charge is 0.481 e. The molecule has 5 heteroatoms. The third-order valence-corrected chi connectivity index (χ3v) is 3.36. The summed E-state index contributed by atoms with van der Waals surface area (Å²) >= 11 is 5.96. The standard InChI is InChI=1S/C15H17ClN2O2/c1-2-3-11(9-15(19)20)18-13-6-7-17-14-8-10(16)4-5-12(13)14/h4-8,11H,2-3,9H2,1H3,(H,17,18)(H,19,20). The fraction of sp³-hybridized carbons (Fsp3) is 0.333. The van der Waals surface area contributed by atoms with E-state index in [1.807, 2.05) is 25.1 Å². The molecular weight excluding hydrogens is 276 g/mol. The number of benzene rings is 1. The van der Waals surface area contributed by atoms with Crippen molar-refractivity contribution in [3.05, 3.63) is 35.5 Å². The number of rotatable bonds is 6. The van der Waals surface area contributed by atoms with Gasteiger partial charge < -0.3 is 10.4 Å². The Kier molecular flexibility index (Phi) is 4.79. The Bertz CT molecular complexity index is 616. The van der Waals surface area contributed by atoms with Crippen LogP contribution in [-0.4, -0.2) is 22.1 Å². The molecule has 0 spiro atoms. The fourth-order valence-corrected chi connectivity index (χ4v) is 2.42. The molecule has 0 aliphatic rings. The molecule has 2 N–H and O–H groups in total. The quantitative estimate of drug-likeness (QED) is 0.846. The fourth-order valence-electron chi connectivity index (χ4n) is 2.25. The molecule has 20 heavy (non-hydrogen) atoms. The van der Waals surface area contributed by atoms with Gasteiger partial charge in [-0.1, -0.05) is 24.9 Å². The smallest absolute Gasteiger partial charge is 0.305 e. The van der Waals surface area contributed by atoms with Crippen LogP contribution in [0.25, 0.3) is 10.9 Å². The molecule has 0 fully saturated rings. The second-order valence-corrected chi connectivity index (χ2v) is 5.18. The van der Waals surface area contributed by atoms with E-state index in [0.29, 0.717) is 5.02 Å². The highest BCUT2D eigenvalue weighted by Crippen LogP contribution is 2.25. The maximum atomic E-state index is 10.9. The lowest BCUT2D eigenvalue weighted by molar-refractivity contribution is -0.137. The van der Waals surface area contributed by atoms with Crippen molar-refractivity contribution in [3.63, 3.8) is 0 Å². The van der Waals surface area contributed by atoms with Crippen LogP contribution in [0.4, 0.5) is 5.69 Å². The zero-order chi connectivity index (χ0) is 14.5. The zero-order valence-corrected chi connectivity index (χ0v) is 12.0. The number of pyridine rings is 1. The number of nitrogens with one attached hydrogen (secondary N) is 1. The summed E-state index contributed by atoms with van der Waals surface area (Å²) in [7, 11) is 0. The van der Waals surface area contributed by atoms with Crippen LogP contribution in [0.3, 0.4) is 0 Å². The zero-order valence-electron chi connectivity index (χ0n) is 11.3. The minimum absolute atomic E-state index is 0.0845. The Hall–Kier alpha value is -1.81. The summed E-state index contributed by atoms with van der Waals surface area (Å²) in [5, 5.41) is 13.9. The van der Waals surface area contributed by atoms with Gasteiger partial charge >= 0.3 is 5.97 Å². The molecule has 0 aliphatic carbocycles.